The molecule has 2 amide bonds. The minimum absolute atomic E-state index is 0.207. The molecule has 0 bridgehead atoms. The number of methoxy groups -OCH3 is 1. The van der Waals surface area contributed by atoms with Crippen molar-refractivity contribution in [3.05, 3.63) is 40.4 Å². The van der Waals surface area contributed by atoms with E-state index in [0.717, 1.165) is 0 Å². The number of imide groups is 1. The molecule has 0 saturated carbocycles. The zero-order valence-electron chi connectivity index (χ0n) is 10.8. The van der Waals surface area contributed by atoms with Gasteiger partial charge in [-0.1, -0.05) is 0 Å². The summed E-state index contributed by atoms with van der Waals surface area (Å²) in [5.74, 6) is -1.34. The van der Waals surface area contributed by atoms with E-state index in [1.165, 1.54) is 18.4 Å². The summed E-state index contributed by atoms with van der Waals surface area (Å²) in [5.41, 5.74) is 1.47. The third-order valence-electron chi connectivity index (χ3n) is 2.89. The second kappa shape index (κ2) is 4.98. The average Bonchev–Trinajstić information content (AvgIpc) is 3.04. The maximum absolute atomic E-state index is 11.6. The highest BCUT2D eigenvalue weighted by molar-refractivity contribution is 7.14. The van der Waals surface area contributed by atoms with Gasteiger partial charge in [-0.3, -0.25) is 14.9 Å². The first-order valence-corrected chi connectivity index (χ1v) is 6.77. The van der Waals surface area contributed by atoms with Crippen molar-refractivity contribution in [1.29, 1.82) is 0 Å². The maximum Gasteiger partial charge on any atom is 0.357 e. The normalized spacial score (nSPS) is 12.8. The molecule has 0 radical (unpaired) electrons. The number of fused-ring (bicyclic) bond motifs is 1. The molecular weight excluding hydrogens is 294 g/mol. The highest BCUT2D eigenvalue weighted by Gasteiger charge is 2.26. The molecule has 0 saturated heterocycles. The number of hydrogen-bond acceptors (Lipinski definition) is 7. The molecule has 106 valence electrons. The topological polar surface area (TPSA) is 97.4 Å². The van der Waals surface area contributed by atoms with Crippen molar-refractivity contribution < 1.29 is 19.1 Å². The lowest BCUT2D eigenvalue weighted by Gasteiger charge is -2.03. The number of esters is 1. The van der Waals surface area contributed by atoms with Crippen LogP contribution >= 0.6 is 11.3 Å². The SMILES string of the molecule is COC(=O)c1csc(Nc2ccc3c(c2)C(=O)NC3=O)n1. The number of aromatic nitrogens is 1. The highest BCUT2D eigenvalue weighted by Crippen LogP contribution is 2.25. The highest BCUT2D eigenvalue weighted by atomic mass is 32.1. The summed E-state index contributed by atoms with van der Waals surface area (Å²) >= 11 is 1.23. The zero-order valence-corrected chi connectivity index (χ0v) is 11.6. The number of rotatable bonds is 3. The molecule has 2 aromatic rings. The van der Waals surface area contributed by atoms with Crippen LogP contribution in [0.2, 0.25) is 0 Å². The van der Waals surface area contributed by atoms with Gasteiger partial charge in [0.1, 0.15) is 0 Å². The Bertz CT molecular complexity index is 769. The van der Waals surface area contributed by atoms with Crippen molar-refractivity contribution in [2.24, 2.45) is 0 Å². The first kappa shape index (κ1) is 13.3. The number of ether oxygens (including phenoxy) is 1. The number of carbonyl (C=O) groups is 3. The van der Waals surface area contributed by atoms with Crippen molar-refractivity contribution in [1.82, 2.24) is 10.3 Å². The van der Waals surface area contributed by atoms with Gasteiger partial charge in [0.25, 0.3) is 11.8 Å². The van der Waals surface area contributed by atoms with Crippen molar-refractivity contribution in [2.75, 3.05) is 12.4 Å². The van der Waals surface area contributed by atoms with Gasteiger partial charge < -0.3 is 10.1 Å². The van der Waals surface area contributed by atoms with E-state index in [9.17, 15) is 14.4 Å². The quantitative estimate of drug-likeness (QED) is 0.659. The molecule has 1 aliphatic heterocycles. The average molecular weight is 303 g/mol. The first-order chi connectivity index (χ1) is 10.1. The monoisotopic (exact) mass is 303 g/mol. The molecule has 7 nitrogen and oxygen atoms in total. The molecule has 1 aromatic heterocycles. The van der Waals surface area contributed by atoms with E-state index in [1.807, 2.05) is 0 Å². The Morgan fingerprint density at radius 3 is 2.81 bits per heavy atom. The van der Waals surface area contributed by atoms with Crippen molar-refractivity contribution >= 4 is 39.9 Å². The fraction of sp³-hybridized carbons (Fsp3) is 0.0769. The first-order valence-electron chi connectivity index (χ1n) is 5.89. The van der Waals surface area contributed by atoms with Crippen LogP contribution in [0.5, 0.6) is 0 Å². The second-order valence-corrected chi connectivity index (χ2v) is 5.06. The molecule has 2 N–H and O–H groups in total. The van der Waals surface area contributed by atoms with Crippen LogP contribution in [-0.2, 0) is 4.74 Å². The predicted molar refractivity (Wildman–Crippen MR) is 75.0 cm³/mol. The lowest BCUT2D eigenvalue weighted by Crippen LogP contribution is -2.19. The molecule has 0 atom stereocenters. The van der Waals surface area contributed by atoms with Gasteiger partial charge in [0.2, 0.25) is 0 Å². The third-order valence-corrected chi connectivity index (χ3v) is 3.64. The van der Waals surface area contributed by atoms with E-state index < -0.39 is 17.8 Å². The number of nitrogens with one attached hydrogen (secondary N) is 2. The number of benzene rings is 1. The molecule has 0 aliphatic carbocycles. The zero-order chi connectivity index (χ0) is 15.0. The van der Waals surface area contributed by atoms with Gasteiger partial charge in [-0.05, 0) is 18.2 Å². The number of thiazole rings is 1. The molecule has 3 rings (SSSR count). The minimum Gasteiger partial charge on any atom is -0.464 e. The summed E-state index contributed by atoms with van der Waals surface area (Å²) in [6.07, 6.45) is 0. The van der Waals surface area contributed by atoms with Crippen LogP contribution in [0.1, 0.15) is 31.2 Å². The Labute approximate surface area is 123 Å². The van der Waals surface area contributed by atoms with Crippen LogP contribution in [0.15, 0.2) is 23.6 Å². The Morgan fingerprint density at radius 1 is 1.29 bits per heavy atom. The van der Waals surface area contributed by atoms with Gasteiger partial charge in [0, 0.05) is 11.1 Å². The summed E-state index contributed by atoms with van der Waals surface area (Å²) < 4.78 is 4.57. The van der Waals surface area contributed by atoms with Crippen LogP contribution in [0.25, 0.3) is 0 Å². The van der Waals surface area contributed by atoms with E-state index >= 15 is 0 Å². The number of amides is 2. The van der Waals surface area contributed by atoms with E-state index in [4.69, 9.17) is 0 Å². The van der Waals surface area contributed by atoms with Gasteiger partial charge in [-0.25, -0.2) is 9.78 Å². The molecule has 0 fully saturated rings. The summed E-state index contributed by atoms with van der Waals surface area (Å²) in [4.78, 5) is 38.4. The minimum atomic E-state index is -0.516. The van der Waals surface area contributed by atoms with Crippen LogP contribution in [-0.4, -0.2) is 29.9 Å². The van der Waals surface area contributed by atoms with Crippen molar-refractivity contribution in [2.45, 2.75) is 0 Å². The Balaban J connectivity index is 1.85. The van der Waals surface area contributed by atoms with Crippen molar-refractivity contribution in [3.63, 3.8) is 0 Å². The second-order valence-electron chi connectivity index (χ2n) is 4.20. The fourth-order valence-electron chi connectivity index (χ4n) is 1.90. The molecule has 2 heterocycles. The van der Waals surface area contributed by atoms with Crippen molar-refractivity contribution in [3.8, 4) is 0 Å². The van der Waals surface area contributed by atoms with Crippen LogP contribution in [0.4, 0.5) is 10.8 Å². The smallest absolute Gasteiger partial charge is 0.357 e. The van der Waals surface area contributed by atoms with E-state index in [1.54, 1.807) is 23.6 Å². The maximum atomic E-state index is 11.6. The Hall–Kier alpha value is -2.74. The van der Waals surface area contributed by atoms with Crippen LogP contribution in [0.3, 0.4) is 0 Å². The summed E-state index contributed by atoms with van der Waals surface area (Å²) in [7, 11) is 1.28. The standard InChI is InChI=1S/C13H9N3O4S/c1-20-12(19)9-5-21-13(15-9)14-6-2-3-7-8(4-6)11(18)16-10(7)17/h2-5H,1H3,(H,14,15)(H,16,17,18). The van der Waals surface area contributed by atoms with E-state index in [2.05, 4.69) is 20.4 Å². The molecule has 0 spiro atoms. The molecule has 1 aromatic carbocycles. The van der Waals surface area contributed by atoms with E-state index in [0.29, 0.717) is 21.9 Å². The lowest BCUT2D eigenvalue weighted by atomic mass is 10.1. The Morgan fingerprint density at radius 2 is 2.05 bits per heavy atom. The lowest BCUT2D eigenvalue weighted by molar-refractivity contribution is 0.0594. The van der Waals surface area contributed by atoms with Gasteiger partial charge in [-0.15, -0.1) is 11.3 Å². The number of carbonyl (C=O) groups excluding carboxylic acids is 3. The fourth-order valence-corrected chi connectivity index (χ4v) is 2.60. The third kappa shape index (κ3) is 2.36. The number of hydrogen-bond donors (Lipinski definition) is 2. The largest absolute Gasteiger partial charge is 0.464 e. The molecule has 0 unspecified atom stereocenters. The van der Waals surface area contributed by atoms with Gasteiger partial charge in [0.15, 0.2) is 10.8 Å². The summed E-state index contributed by atoms with van der Waals surface area (Å²) in [6.45, 7) is 0. The van der Waals surface area contributed by atoms with Gasteiger partial charge in [-0.2, -0.15) is 0 Å². The number of anilines is 2. The van der Waals surface area contributed by atoms with Crippen LogP contribution in [0, 0.1) is 0 Å². The Kier molecular flexibility index (Phi) is 3.15. The predicted octanol–water partition coefficient (Wildman–Crippen LogP) is 1.56. The van der Waals surface area contributed by atoms with Crippen LogP contribution < -0.4 is 10.6 Å². The van der Waals surface area contributed by atoms with Gasteiger partial charge in [0.05, 0.1) is 18.2 Å². The molecule has 21 heavy (non-hydrogen) atoms. The van der Waals surface area contributed by atoms with E-state index in [-0.39, 0.29) is 5.69 Å². The molecule has 1 aliphatic rings. The number of nitrogens with zero attached hydrogens (tertiary/aromatic N) is 1. The van der Waals surface area contributed by atoms with Gasteiger partial charge >= 0.3 is 5.97 Å². The molecular formula is C13H9N3O4S. The molecule has 8 heteroatoms. The summed E-state index contributed by atoms with van der Waals surface area (Å²) in [5, 5.41) is 7.25. The summed E-state index contributed by atoms with van der Waals surface area (Å²) in [6, 6.07) is 4.79.